The number of benzene rings is 1. The fourth-order valence-electron chi connectivity index (χ4n) is 2.89. The molecule has 1 aliphatic heterocycles. The zero-order valence-electron chi connectivity index (χ0n) is 15.0. The Labute approximate surface area is 163 Å². The highest BCUT2D eigenvalue weighted by molar-refractivity contribution is 7.89. The number of sulfonamides is 1. The van der Waals surface area contributed by atoms with Crippen LogP contribution in [0.4, 0.5) is 5.95 Å². The van der Waals surface area contributed by atoms with Gasteiger partial charge in [0.15, 0.2) is 0 Å². The van der Waals surface area contributed by atoms with Gasteiger partial charge in [0.2, 0.25) is 16.0 Å². The van der Waals surface area contributed by atoms with E-state index < -0.39 is 10.0 Å². The number of nitrogens with zero attached hydrogens (tertiary/aromatic N) is 3. The molecule has 2 heterocycles. The third-order valence-corrected chi connectivity index (χ3v) is 6.30. The van der Waals surface area contributed by atoms with Crippen LogP contribution in [-0.2, 0) is 14.8 Å². The van der Waals surface area contributed by atoms with Gasteiger partial charge in [0.05, 0.1) is 23.9 Å². The summed E-state index contributed by atoms with van der Waals surface area (Å²) in [5.74, 6) is 0.169. The molecule has 0 aliphatic carbocycles. The molecule has 0 unspecified atom stereocenters. The summed E-state index contributed by atoms with van der Waals surface area (Å²) in [6.45, 7) is 5.64. The third-order valence-electron chi connectivity index (χ3n) is 4.35. The number of nitrogen functional groups attached to an aromatic ring is 1. The maximum atomic E-state index is 12.7. The van der Waals surface area contributed by atoms with Crippen LogP contribution >= 0.6 is 11.6 Å². The Bertz CT molecular complexity index is 917. The molecule has 0 atom stereocenters. The van der Waals surface area contributed by atoms with E-state index in [9.17, 15) is 8.42 Å². The van der Waals surface area contributed by atoms with Crippen molar-refractivity contribution in [3.8, 4) is 11.1 Å². The van der Waals surface area contributed by atoms with Crippen LogP contribution in [-0.4, -0.2) is 62.7 Å². The Morgan fingerprint density at radius 3 is 2.78 bits per heavy atom. The quantitative estimate of drug-likeness (QED) is 0.736. The lowest BCUT2D eigenvalue weighted by Gasteiger charge is -2.26. The molecule has 1 fully saturated rings. The average Bonchev–Trinajstić information content (AvgIpc) is 2.63. The van der Waals surface area contributed by atoms with E-state index in [-0.39, 0.29) is 15.9 Å². The maximum absolute atomic E-state index is 12.7. The van der Waals surface area contributed by atoms with E-state index in [1.807, 2.05) is 0 Å². The molecule has 1 aliphatic rings. The molecular weight excluding hydrogens is 390 g/mol. The Morgan fingerprint density at radius 2 is 2.07 bits per heavy atom. The normalized spacial score (nSPS) is 15.8. The molecule has 10 heteroatoms. The molecule has 146 valence electrons. The zero-order chi connectivity index (χ0) is 19.4. The molecular formula is C17H22ClN5O3S. The van der Waals surface area contributed by atoms with Gasteiger partial charge in [-0.1, -0.05) is 17.7 Å². The van der Waals surface area contributed by atoms with Gasteiger partial charge in [0.25, 0.3) is 0 Å². The molecule has 8 nitrogen and oxygen atoms in total. The van der Waals surface area contributed by atoms with Crippen molar-refractivity contribution in [3.05, 3.63) is 35.1 Å². The smallest absolute Gasteiger partial charge is 0.242 e. The third kappa shape index (κ3) is 4.94. The van der Waals surface area contributed by atoms with E-state index in [4.69, 9.17) is 22.1 Å². The number of hydrogen-bond acceptors (Lipinski definition) is 7. The van der Waals surface area contributed by atoms with Gasteiger partial charge < -0.3 is 10.5 Å². The van der Waals surface area contributed by atoms with Crippen molar-refractivity contribution in [1.29, 1.82) is 0 Å². The van der Waals surface area contributed by atoms with Crippen LogP contribution in [0, 0.1) is 6.92 Å². The predicted molar refractivity (Wildman–Crippen MR) is 104 cm³/mol. The molecule has 0 bridgehead atoms. The van der Waals surface area contributed by atoms with E-state index in [0.29, 0.717) is 43.1 Å². The van der Waals surface area contributed by atoms with Crippen molar-refractivity contribution in [1.82, 2.24) is 19.6 Å². The lowest BCUT2D eigenvalue weighted by molar-refractivity contribution is 0.0390. The SMILES string of the molecule is Cc1nc(N)ncc1-c1ccc(Cl)c(S(=O)(=O)NCCN2CCOCC2)c1. The second-order valence-corrected chi connectivity index (χ2v) is 8.37. The Kier molecular flexibility index (Phi) is 6.28. The topological polar surface area (TPSA) is 110 Å². The molecule has 1 aromatic heterocycles. The number of rotatable bonds is 6. The number of aryl methyl sites for hydroxylation is 1. The van der Waals surface area contributed by atoms with Crippen LogP contribution in [0.15, 0.2) is 29.3 Å². The van der Waals surface area contributed by atoms with E-state index in [2.05, 4.69) is 19.6 Å². The second-order valence-electron chi connectivity index (χ2n) is 6.22. The van der Waals surface area contributed by atoms with Gasteiger partial charge in [-0.15, -0.1) is 0 Å². The number of hydrogen-bond donors (Lipinski definition) is 2. The highest BCUT2D eigenvalue weighted by Crippen LogP contribution is 2.29. The summed E-state index contributed by atoms with van der Waals surface area (Å²) in [5.41, 5.74) is 7.60. The molecule has 0 saturated carbocycles. The Hall–Kier alpha value is -1.78. The van der Waals surface area contributed by atoms with E-state index in [1.54, 1.807) is 25.3 Å². The number of aromatic nitrogens is 2. The van der Waals surface area contributed by atoms with Crippen molar-refractivity contribution in [2.75, 3.05) is 45.1 Å². The van der Waals surface area contributed by atoms with Crippen LogP contribution < -0.4 is 10.5 Å². The van der Waals surface area contributed by atoms with Gasteiger partial charge in [-0.05, 0) is 24.6 Å². The first-order valence-corrected chi connectivity index (χ1v) is 10.4. The highest BCUT2D eigenvalue weighted by Gasteiger charge is 2.20. The number of halogens is 1. The molecule has 0 radical (unpaired) electrons. The summed E-state index contributed by atoms with van der Waals surface area (Å²) in [5, 5.41) is 0.159. The Balaban J connectivity index is 1.78. The van der Waals surface area contributed by atoms with Crippen LogP contribution in [0.3, 0.4) is 0 Å². The molecule has 3 rings (SSSR count). The van der Waals surface area contributed by atoms with Gasteiger partial charge in [-0.3, -0.25) is 4.90 Å². The van der Waals surface area contributed by atoms with Crippen molar-refractivity contribution in [3.63, 3.8) is 0 Å². The van der Waals surface area contributed by atoms with Crippen molar-refractivity contribution in [2.24, 2.45) is 0 Å². The fraction of sp³-hybridized carbons (Fsp3) is 0.412. The Morgan fingerprint density at radius 1 is 1.33 bits per heavy atom. The molecule has 1 saturated heterocycles. The molecule has 0 spiro atoms. The first kappa shape index (κ1) is 20.0. The van der Waals surface area contributed by atoms with E-state index >= 15 is 0 Å². The lowest BCUT2D eigenvalue weighted by Crippen LogP contribution is -2.41. The number of anilines is 1. The van der Waals surface area contributed by atoms with Crippen molar-refractivity contribution in [2.45, 2.75) is 11.8 Å². The summed E-state index contributed by atoms with van der Waals surface area (Å²) in [4.78, 5) is 10.3. The first-order valence-electron chi connectivity index (χ1n) is 8.55. The van der Waals surface area contributed by atoms with Gasteiger partial charge in [-0.25, -0.2) is 23.1 Å². The minimum Gasteiger partial charge on any atom is -0.379 e. The average molecular weight is 412 g/mol. The van der Waals surface area contributed by atoms with Crippen LogP contribution in [0.5, 0.6) is 0 Å². The van der Waals surface area contributed by atoms with Gasteiger partial charge in [0.1, 0.15) is 4.90 Å². The number of ether oxygens (including phenoxy) is 1. The molecule has 27 heavy (non-hydrogen) atoms. The van der Waals surface area contributed by atoms with Crippen molar-refractivity contribution >= 4 is 27.6 Å². The fourth-order valence-corrected chi connectivity index (χ4v) is 4.43. The summed E-state index contributed by atoms with van der Waals surface area (Å²) < 4.78 is 33.4. The standard InChI is InChI=1S/C17H22ClN5O3S/c1-12-14(11-20-17(19)22-12)13-2-3-15(18)16(10-13)27(24,25)21-4-5-23-6-8-26-9-7-23/h2-3,10-11,21H,4-9H2,1H3,(H2,19,20,22). The second kappa shape index (κ2) is 8.49. The van der Waals surface area contributed by atoms with Crippen LogP contribution in [0.1, 0.15) is 5.69 Å². The van der Waals surface area contributed by atoms with E-state index in [1.165, 1.54) is 6.07 Å². The molecule has 1 aromatic carbocycles. The predicted octanol–water partition coefficient (Wildman–Crippen LogP) is 1.30. The van der Waals surface area contributed by atoms with Gasteiger partial charge >= 0.3 is 0 Å². The van der Waals surface area contributed by atoms with Crippen molar-refractivity contribution < 1.29 is 13.2 Å². The summed E-state index contributed by atoms with van der Waals surface area (Å²) in [7, 11) is -3.75. The number of nitrogens with one attached hydrogen (secondary N) is 1. The highest BCUT2D eigenvalue weighted by atomic mass is 35.5. The summed E-state index contributed by atoms with van der Waals surface area (Å²) >= 11 is 6.16. The molecule has 2 aromatic rings. The molecule has 0 amide bonds. The summed E-state index contributed by atoms with van der Waals surface area (Å²) in [6.07, 6.45) is 1.57. The maximum Gasteiger partial charge on any atom is 0.242 e. The monoisotopic (exact) mass is 411 g/mol. The lowest BCUT2D eigenvalue weighted by atomic mass is 10.1. The molecule has 3 N–H and O–H groups in total. The van der Waals surface area contributed by atoms with Crippen LogP contribution in [0.2, 0.25) is 5.02 Å². The zero-order valence-corrected chi connectivity index (χ0v) is 16.6. The number of nitrogens with two attached hydrogens (primary N) is 1. The largest absolute Gasteiger partial charge is 0.379 e. The van der Waals surface area contributed by atoms with Gasteiger partial charge in [0, 0.05) is 37.9 Å². The minimum atomic E-state index is -3.75. The van der Waals surface area contributed by atoms with Gasteiger partial charge in [-0.2, -0.15) is 0 Å². The van der Waals surface area contributed by atoms with E-state index in [0.717, 1.165) is 13.1 Å². The summed E-state index contributed by atoms with van der Waals surface area (Å²) in [6, 6.07) is 4.82. The number of morpholine rings is 1. The van der Waals surface area contributed by atoms with Crippen LogP contribution in [0.25, 0.3) is 11.1 Å². The first-order chi connectivity index (χ1) is 12.9. The minimum absolute atomic E-state index is 0.0277.